The highest BCUT2D eigenvalue weighted by molar-refractivity contribution is 7.92. The molecule has 36 heavy (non-hydrogen) atoms. The summed E-state index contributed by atoms with van der Waals surface area (Å²) in [5, 5.41) is 19.0. The van der Waals surface area contributed by atoms with Gasteiger partial charge in [-0.3, -0.25) is 25.0 Å². The SMILES string of the molecule is N=C(N)c1ccc(CCC(=O)N2CCCc3cc(NS(=O)(=O)c4ccccc4)ccc32)c([N+](=O)[O-])c1. The number of nitro groups is 1. The maximum atomic E-state index is 13.1. The van der Waals surface area contributed by atoms with E-state index < -0.39 is 14.9 Å². The molecule has 0 aromatic heterocycles. The number of carbonyl (C=O) groups is 1. The summed E-state index contributed by atoms with van der Waals surface area (Å²) in [7, 11) is -3.74. The molecule has 1 amide bonds. The molecule has 186 valence electrons. The van der Waals surface area contributed by atoms with Crippen molar-refractivity contribution in [2.24, 2.45) is 5.73 Å². The number of rotatable bonds is 8. The van der Waals surface area contributed by atoms with Crippen LogP contribution in [0.15, 0.2) is 71.6 Å². The van der Waals surface area contributed by atoms with Crippen LogP contribution in [0.25, 0.3) is 0 Å². The summed E-state index contributed by atoms with van der Waals surface area (Å²) < 4.78 is 27.9. The van der Waals surface area contributed by atoms with Gasteiger partial charge in [0.05, 0.1) is 9.82 Å². The van der Waals surface area contributed by atoms with Crippen LogP contribution in [0.1, 0.15) is 29.5 Å². The van der Waals surface area contributed by atoms with Gasteiger partial charge >= 0.3 is 0 Å². The monoisotopic (exact) mass is 507 g/mol. The van der Waals surface area contributed by atoms with Crippen molar-refractivity contribution in [1.29, 1.82) is 5.41 Å². The van der Waals surface area contributed by atoms with E-state index in [4.69, 9.17) is 11.1 Å². The Kier molecular flexibility index (Phi) is 7.02. The van der Waals surface area contributed by atoms with Crippen molar-refractivity contribution in [3.63, 3.8) is 0 Å². The van der Waals surface area contributed by atoms with Gasteiger partial charge in [0.2, 0.25) is 5.91 Å². The van der Waals surface area contributed by atoms with Crippen LogP contribution >= 0.6 is 0 Å². The van der Waals surface area contributed by atoms with Crippen molar-refractivity contribution in [1.82, 2.24) is 0 Å². The van der Waals surface area contributed by atoms with Gasteiger partial charge in [0.25, 0.3) is 15.7 Å². The summed E-state index contributed by atoms with van der Waals surface area (Å²) in [6.45, 7) is 0.506. The van der Waals surface area contributed by atoms with E-state index in [1.54, 1.807) is 41.3 Å². The Bertz CT molecular complexity index is 1440. The fourth-order valence-corrected chi connectivity index (χ4v) is 5.29. The smallest absolute Gasteiger partial charge is 0.273 e. The number of fused-ring (bicyclic) bond motifs is 1. The lowest BCUT2D eigenvalue weighted by atomic mass is 9.99. The minimum absolute atomic E-state index is 0.0576. The first-order chi connectivity index (χ1) is 17.2. The summed E-state index contributed by atoms with van der Waals surface area (Å²) in [6, 6.07) is 17.4. The molecule has 11 heteroatoms. The quantitative estimate of drug-likeness (QED) is 0.183. The number of amidine groups is 1. The Balaban J connectivity index is 1.49. The average Bonchev–Trinajstić information content (AvgIpc) is 2.86. The van der Waals surface area contributed by atoms with Gasteiger partial charge in [-0.25, -0.2) is 8.42 Å². The van der Waals surface area contributed by atoms with Gasteiger partial charge in [0.15, 0.2) is 0 Å². The number of amides is 1. The number of anilines is 2. The molecule has 0 saturated heterocycles. The number of benzene rings is 3. The van der Waals surface area contributed by atoms with Gasteiger partial charge in [-0.1, -0.05) is 30.3 Å². The third kappa shape index (κ3) is 5.36. The van der Waals surface area contributed by atoms with Crippen LogP contribution < -0.4 is 15.4 Å². The normalized spacial score (nSPS) is 13.1. The maximum Gasteiger partial charge on any atom is 0.273 e. The lowest BCUT2D eigenvalue weighted by Crippen LogP contribution is -2.35. The van der Waals surface area contributed by atoms with Gasteiger partial charge in [0.1, 0.15) is 5.84 Å². The Morgan fingerprint density at radius 3 is 2.56 bits per heavy atom. The number of hydrogen-bond donors (Lipinski definition) is 3. The van der Waals surface area contributed by atoms with Gasteiger partial charge in [0, 0.05) is 41.5 Å². The van der Waals surface area contributed by atoms with Gasteiger partial charge in [-0.05, 0) is 55.2 Å². The van der Waals surface area contributed by atoms with Crippen molar-refractivity contribution in [2.75, 3.05) is 16.2 Å². The number of nitro benzene ring substituents is 1. The molecule has 0 spiro atoms. The molecular weight excluding hydrogens is 482 g/mol. The lowest BCUT2D eigenvalue weighted by molar-refractivity contribution is -0.385. The van der Waals surface area contributed by atoms with E-state index in [0.29, 0.717) is 36.3 Å². The van der Waals surface area contributed by atoms with Crippen LogP contribution in [-0.4, -0.2) is 31.6 Å². The summed E-state index contributed by atoms with van der Waals surface area (Å²) in [5.74, 6) is -0.449. The predicted molar refractivity (Wildman–Crippen MR) is 137 cm³/mol. The second kappa shape index (κ2) is 10.2. The average molecular weight is 508 g/mol. The highest BCUT2D eigenvalue weighted by Crippen LogP contribution is 2.31. The van der Waals surface area contributed by atoms with Crippen molar-refractivity contribution < 1.29 is 18.1 Å². The maximum absolute atomic E-state index is 13.1. The Hall–Kier alpha value is -4.25. The molecule has 1 heterocycles. The summed E-state index contributed by atoms with van der Waals surface area (Å²) in [5.41, 5.74) is 7.86. The summed E-state index contributed by atoms with van der Waals surface area (Å²) >= 11 is 0. The molecule has 0 atom stereocenters. The van der Waals surface area contributed by atoms with E-state index in [-0.39, 0.29) is 40.7 Å². The zero-order valence-electron chi connectivity index (χ0n) is 19.3. The Morgan fingerprint density at radius 1 is 1.11 bits per heavy atom. The highest BCUT2D eigenvalue weighted by Gasteiger charge is 2.25. The van der Waals surface area contributed by atoms with Crippen LogP contribution in [0.3, 0.4) is 0 Å². The van der Waals surface area contributed by atoms with Crippen molar-refractivity contribution in [2.45, 2.75) is 30.6 Å². The minimum atomic E-state index is -3.74. The van der Waals surface area contributed by atoms with Gasteiger partial charge < -0.3 is 10.6 Å². The summed E-state index contributed by atoms with van der Waals surface area (Å²) in [6.07, 6.45) is 1.62. The molecule has 0 bridgehead atoms. The number of sulfonamides is 1. The van der Waals surface area contributed by atoms with Crippen molar-refractivity contribution in [3.05, 3.63) is 93.5 Å². The largest absolute Gasteiger partial charge is 0.384 e. The third-order valence-electron chi connectivity index (χ3n) is 6.01. The molecule has 4 N–H and O–H groups in total. The summed E-state index contributed by atoms with van der Waals surface area (Å²) in [4.78, 5) is 25.8. The van der Waals surface area contributed by atoms with Gasteiger partial charge in [-0.15, -0.1) is 0 Å². The molecule has 3 aromatic carbocycles. The fraction of sp³-hybridized carbons (Fsp3) is 0.200. The first kappa shape index (κ1) is 24.9. The number of nitrogen functional groups attached to an aromatic ring is 1. The Morgan fingerprint density at radius 2 is 1.86 bits per heavy atom. The number of nitrogens with one attached hydrogen (secondary N) is 2. The number of hydrogen-bond acceptors (Lipinski definition) is 6. The van der Waals surface area contributed by atoms with Gasteiger partial charge in [-0.2, -0.15) is 0 Å². The number of nitrogens with zero attached hydrogens (tertiary/aromatic N) is 2. The van der Waals surface area contributed by atoms with Crippen LogP contribution in [0.5, 0.6) is 0 Å². The van der Waals surface area contributed by atoms with Crippen LogP contribution in [0.4, 0.5) is 17.1 Å². The van der Waals surface area contributed by atoms with E-state index in [9.17, 15) is 23.3 Å². The number of nitrogens with two attached hydrogens (primary N) is 1. The van der Waals surface area contributed by atoms with E-state index in [0.717, 1.165) is 5.56 Å². The highest BCUT2D eigenvalue weighted by atomic mass is 32.2. The molecule has 1 aliphatic heterocycles. The van der Waals surface area contributed by atoms with E-state index in [1.165, 1.54) is 30.3 Å². The second-order valence-corrected chi connectivity index (χ2v) is 10.1. The molecule has 0 radical (unpaired) electrons. The zero-order valence-corrected chi connectivity index (χ0v) is 20.1. The minimum Gasteiger partial charge on any atom is -0.384 e. The van der Waals surface area contributed by atoms with E-state index >= 15 is 0 Å². The van der Waals surface area contributed by atoms with Crippen LogP contribution in [-0.2, 0) is 27.7 Å². The molecule has 0 saturated carbocycles. The topological polar surface area (TPSA) is 159 Å². The molecule has 0 unspecified atom stereocenters. The van der Waals surface area contributed by atoms with Crippen LogP contribution in [0.2, 0.25) is 0 Å². The van der Waals surface area contributed by atoms with E-state index in [1.807, 2.05) is 0 Å². The number of carbonyl (C=O) groups excluding carboxylic acids is 1. The zero-order chi connectivity index (χ0) is 25.9. The molecule has 10 nitrogen and oxygen atoms in total. The lowest BCUT2D eigenvalue weighted by Gasteiger charge is -2.30. The van der Waals surface area contributed by atoms with E-state index in [2.05, 4.69) is 4.72 Å². The second-order valence-electron chi connectivity index (χ2n) is 8.43. The third-order valence-corrected chi connectivity index (χ3v) is 7.40. The van der Waals surface area contributed by atoms with Crippen LogP contribution in [0, 0.1) is 15.5 Å². The number of aryl methyl sites for hydroxylation is 2. The molecule has 0 aliphatic carbocycles. The standard InChI is InChI=1S/C25H25N5O5S/c26-25(27)19-9-8-17(23(16-19)30(32)33)10-13-24(31)29-14-4-5-18-15-20(11-12-22(18)29)28-36(34,35)21-6-2-1-3-7-21/h1-3,6-9,11-12,15-16,28H,4-5,10,13-14H2,(H3,26,27). The Labute approximate surface area is 208 Å². The predicted octanol–water partition coefficient (Wildman–Crippen LogP) is 3.59. The molecular formula is C25H25N5O5S. The molecule has 0 fully saturated rings. The first-order valence-corrected chi connectivity index (χ1v) is 12.8. The molecule has 1 aliphatic rings. The first-order valence-electron chi connectivity index (χ1n) is 11.3. The fourth-order valence-electron chi connectivity index (χ4n) is 4.22. The molecule has 4 rings (SSSR count). The van der Waals surface area contributed by atoms with Crippen molar-refractivity contribution >= 4 is 38.8 Å². The molecule has 3 aromatic rings. The van der Waals surface area contributed by atoms with Crippen molar-refractivity contribution in [3.8, 4) is 0 Å².